The van der Waals surface area contributed by atoms with Gasteiger partial charge in [-0.15, -0.1) is 29.7 Å². The van der Waals surface area contributed by atoms with E-state index in [2.05, 4.69) is 139 Å². The van der Waals surface area contributed by atoms with E-state index in [1.54, 1.807) is 10.6 Å². The van der Waals surface area contributed by atoms with E-state index >= 15 is 0 Å². The molecule has 10 aromatic rings. The summed E-state index contributed by atoms with van der Waals surface area (Å²) in [5, 5.41) is 2.09. The van der Waals surface area contributed by atoms with Crippen molar-refractivity contribution in [1.29, 1.82) is 0 Å². The minimum absolute atomic E-state index is 0. The summed E-state index contributed by atoms with van der Waals surface area (Å²) in [7, 11) is 0. The second-order valence-corrected chi connectivity index (χ2v) is 14.8. The topological polar surface area (TPSA) is 39.1 Å². The number of imidazole rings is 1. The molecule has 0 spiro atoms. The normalized spacial score (nSPS) is 13.1. The zero-order valence-corrected chi connectivity index (χ0v) is 34.4. The molecule has 7 aromatic carbocycles. The third kappa shape index (κ3) is 5.99. The molecule has 6 nitrogen and oxygen atoms in total. The number of pyridine rings is 1. The largest absolute Gasteiger partial charge is 0.510 e. The van der Waals surface area contributed by atoms with E-state index < -0.39 is 6.98 Å². The van der Waals surface area contributed by atoms with E-state index in [9.17, 15) is 0 Å². The van der Waals surface area contributed by atoms with Crippen LogP contribution in [-0.2, 0) is 28.0 Å². The first-order valence-electron chi connectivity index (χ1n) is 20.8. The van der Waals surface area contributed by atoms with Crippen LogP contribution in [-0.4, -0.2) is 20.8 Å². The van der Waals surface area contributed by atoms with Crippen LogP contribution in [0.4, 0.5) is 17.1 Å². The van der Waals surface area contributed by atoms with Crippen molar-refractivity contribution in [2.24, 2.45) is 6.98 Å². The van der Waals surface area contributed by atoms with Gasteiger partial charge in [-0.1, -0.05) is 125 Å². The van der Waals surface area contributed by atoms with Crippen molar-refractivity contribution in [3.8, 4) is 23.0 Å². The van der Waals surface area contributed by atoms with Crippen molar-refractivity contribution in [3.05, 3.63) is 194 Å². The van der Waals surface area contributed by atoms with E-state index in [-0.39, 0.29) is 27.8 Å². The number of para-hydroxylation sites is 5. The Hall–Kier alpha value is -6.69. The van der Waals surface area contributed by atoms with Gasteiger partial charge in [0.2, 0.25) is 13.0 Å². The molecule has 0 radical (unpaired) electrons. The average molecular weight is 944 g/mol. The quantitative estimate of drug-likeness (QED) is 0.0950. The Bertz CT molecular complexity index is 3290. The maximum Gasteiger partial charge on any atom is 0.247 e. The molecule has 0 atom stereocenters. The number of fused-ring (bicyclic) bond motifs is 6. The summed E-state index contributed by atoms with van der Waals surface area (Å²) < 4.78 is 35.8. The number of anilines is 3. The number of hydrogen-bond donors (Lipinski definition) is 0. The Morgan fingerprint density at radius 1 is 0.661 bits per heavy atom. The molecular weight excluding hydrogens is 904 g/mol. The van der Waals surface area contributed by atoms with Gasteiger partial charge in [0.05, 0.1) is 27.8 Å². The maximum atomic E-state index is 8.08. The molecule has 0 saturated carbocycles. The van der Waals surface area contributed by atoms with Crippen molar-refractivity contribution in [2.75, 3.05) is 4.90 Å². The maximum absolute atomic E-state index is 8.08. The minimum Gasteiger partial charge on any atom is -0.510 e. The fourth-order valence-corrected chi connectivity index (χ4v) is 8.86. The van der Waals surface area contributed by atoms with Crippen molar-refractivity contribution in [2.45, 2.75) is 13.8 Å². The summed E-state index contributed by atoms with van der Waals surface area (Å²) in [5.74, 6) is 1.69. The van der Waals surface area contributed by atoms with Gasteiger partial charge in [0.1, 0.15) is 5.82 Å². The first-order chi connectivity index (χ1) is 29.7. The van der Waals surface area contributed by atoms with Crippen molar-refractivity contribution in [1.82, 2.24) is 14.1 Å². The molecule has 0 unspecified atom stereocenters. The molecule has 0 amide bonds. The molecule has 0 fully saturated rings. The number of ether oxygens (including phenoxy) is 1. The Morgan fingerprint density at radius 2 is 1.34 bits per heavy atom. The van der Waals surface area contributed by atoms with Crippen LogP contribution in [0.2, 0.25) is 0 Å². The Labute approximate surface area is 362 Å². The van der Waals surface area contributed by atoms with Crippen LogP contribution >= 0.6 is 0 Å². The molecule has 1 aliphatic rings. The summed E-state index contributed by atoms with van der Waals surface area (Å²) in [6.45, 7) is 2.11. The molecule has 0 N–H and O–H groups in total. The summed E-state index contributed by atoms with van der Waals surface area (Å²) >= 11 is 0. The second-order valence-electron chi connectivity index (χ2n) is 14.8. The number of aryl methyl sites for hydroxylation is 3. The molecule has 0 bridgehead atoms. The third-order valence-electron chi connectivity index (χ3n) is 11.4. The number of rotatable bonds is 6. The third-order valence-corrected chi connectivity index (χ3v) is 11.4. The smallest absolute Gasteiger partial charge is 0.247 e. The zero-order chi connectivity index (χ0) is 41.4. The van der Waals surface area contributed by atoms with E-state index in [1.807, 2.05) is 60.8 Å². The van der Waals surface area contributed by atoms with Gasteiger partial charge in [-0.05, 0) is 54.4 Å². The number of nitrogens with zero attached hydrogens (tertiary/aromatic N) is 5. The number of benzene rings is 7. The molecule has 3 aromatic heterocycles. The molecule has 8 heteroatoms. The molecule has 0 saturated heterocycles. The van der Waals surface area contributed by atoms with Gasteiger partial charge in [0.25, 0.3) is 0 Å². The molecule has 11 rings (SSSR count). The van der Waals surface area contributed by atoms with E-state index in [1.165, 1.54) is 32.1 Å². The summed E-state index contributed by atoms with van der Waals surface area (Å²) in [6.07, 6.45) is 4.90. The Kier molecular flexibility index (Phi) is 8.24. The van der Waals surface area contributed by atoms with Gasteiger partial charge in [0.15, 0.2) is 0 Å². The van der Waals surface area contributed by atoms with Crippen LogP contribution in [0.15, 0.2) is 164 Å². The van der Waals surface area contributed by atoms with Gasteiger partial charge in [-0.25, -0.2) is 4.98 Å². The molecular formula is C51H36BN5OPt-2. The SMILES string of the molecule is [2H]C([2H])([2H])[n+]1[c-]n(-c2[c-]c(Oc3[c-]c4c(cc3)c3ccccc3n4-c3cc(N4c5ccccc5B(c5c(C)cccc5C)c5ccccc54)ccn3)ccc2)c2ccccc21.[Pt]. The molecule has 4 heterocycles. The summed E-state index contributed by atoms with van der Waals surface area (Å²) in [6, 6.07) is 60.4. The zero-order valence-electron chi connectivity index (χ0n) is 35.1. The fraction of sp³-hybridized carbons (Fsp3) is 0.0588. The van der Waals surface area contributed by atoms with Crippen LogP contribution in [0, 0.1) is 32.3 Å². The molecule has 0 aliphatic carbocycles. The predicted octanol–water partition coefficient (Wildman–Crippen LogP) is 9.05. The van der Waals surface area contributed by atoms with Crippen molar-refractivity contribution in [3.63, 3.8) is 0 Å². The fourth-order valence-electron chi connectivity index (χ4n) is 8.86. The Morgan fingerprint density at radius 3 is 2.12 bits per heavy atom. The summed E-state index contributed by atoms with van der Waals surface area (Å²) in [5.41, 5.74) is 13.3. The van der Waals surface area contributed by atoms with E-state index in [0.29, 0.717) is 28.2 Å². The van der Waals surface area contributed by atoms with Gasteiger partial charge in [-0.3, -0.25) is 0 Å². The van der Waals surface area contributed by atoms with Gasteiger partial charge in [-0.2, -0.15) is 18.2 Å². The molecule has 59 heavy (non-hydrogen) atoms. The number of hydrogen-bond acceptors (Lipinski definition) is 3. The first-order valence-corrected chi connectivity index (χ1v) is 19.3. The van der Waals surface area contributed by atoms with Crippen molar-refractivity contribution < 1.29 is 34.5 Å². The van der Waals surface area contributed by atoms with Crippen LogP contribution in [0.1, 0.15) is 15.2 Å². The van der Waals surface area contributed by atoms with Crippen LogP contribution in [0.5, 0.6) is 11.5 Å². The molecule has 1 aliphatic heterocycles. The summed E-state index contributed by atoms with van der Waals surface area (Å²) in [4.78, 5) is 7.36. The predicted molar refractivity (Wildman–Crippen MR) is 235 cm³/mol. The van der Waals surface area contributed by atoms with Crippen LogP contribution in [0.3, 0.4) is 0 Å². The van der Waals surface area contributed by atoms with Crippen LogP contribution in [0.25, 0.3) is 44.3 Å². The first kappa shape index (κ1) is 33.3. The second kappa shape index (κ2) is 14.6. The standard InChI is InChI=1S/C51H36BN5O.Pt/c1-34-14-12-15-35(2)51(34)52-42-19-5-8-22-45(42)56(46-23-9-6-20-43(46)52)37-28-29-53-50(31-37)57-44-21-7-4-18-40(44)41-27-26-39(32-49(41)57)58-38-17-13-16-36(30-38)55-33-54(3)47-24-10-11-25-48(47)55;/h4-29,31H,1-3H3;/q-2;/i3D3;. The Balaban J connectivity index is 0.00000458. The van der Waals surface area contributed by atoms with Crippen molar-refractivity contribution >= 4 is 73.0 Å². The van der Waals surface area contributed by atoms with Crippen LogP contribution < -0.4 is 30.6 Å². The van der Waals surface area contributed by atoms with E-state index in [4.69, 9.17) is 13.8 Å². The molecule has 286 valence electrons. The number of aromatic nitrogens is 4. The van der Waals surface area contributed by atoms with Gasteiger partial charge >= 0.3 is 0 Å². The van der Waals surface area contributed by atoms with E-state index in [0.717, 1.165) is 44.7 Å². The monoisotopic (exact) mass is 943 g/mol. The van der Waals surface area contributed by atoms with Gasteiger partial charge < -0.3 is 23.3 Å². The average Bonchev–Trinajstić information content (AvgIpc) is 3.83. The minimum atomic E-state index is -2.40. The van der Waals surface area contributed by atoms with Gasteiger partial charge in [0, 0.05) is 61.7 Å².